The molecule has 3 heteroatoms. The van der Waals surface area contributed by atoms with Crippen LogP contribution < -0.4 is 4.74 Å². The molecule has 0 saturated carbocycles. The second-order valence-corrected chi connectivity index (χ2v) is 4.31. The van der Waals surface area contributed by atoms with Crippen LogP contribution in [0.25, 0.3) is 6.08 Å². The fraction of sp³-hybridized carbons (Fsp3) is 0.357. The maximum atomic E-state index is 11.9. The van der Waals surface area contributed by atoms with E-state index < -0.39 is 5.60 Å². The fourth-order valence-corrected chi connectivity index (χ4v) is 1.73. The van der Waals surface area contributed by atoms with Crippen molar-refractivity contribution in [2.75, 3.05) is 7.11 Å². The second-order valence-electron chi connectivity index (χ2n) is 4.31. The van der Waals surface area contributed by atoms with E-state index in [0.29, 0.717) is 0 Å². The van der Waals surface area contributed by atoms with Crippen LogP contribution in [0.3, 0.4) is 0 Å². The number of ketones is 1. The molecule has 1 saturated heterocycles. The molecule has 1 aromatic carbocycles. The highest BCUT2D eigenvalue weighted by molar-refractivity contribution is 6.02. The van der Waals surface area contributed by atoms with Crippen LogP contribution in [0.5, 0.6) is 5.75 Å². The van der Waals surface area contributed by atoms with E-state index in [1.807, 2.05) is 38.1 Å². The largest absolute Gasteiger partial charge is 0.496 e. The molecular weight excluding hydrogens is 216 g/mol. The molecule has 0 aliphatic carbocycles. The number of para-hydroxylation sites is 1. The Morgan fingerprint density at radius 2 is 2.12 bits per heavy atom. The summed E-state index contributed by atoms with van der Waals surface area (Å²) in [6.07, 6.45) is 3.33. The lowest BCUT2D eigenvalue weighted by molar-refractivity contribution is -0.118. The van der Waals surface area contributed by atoms with Crippen LogP contribution in [-0.4, -0.2) is 24.6 Å². The highest BCUT2D eigenvalue weighted by atomic mass is 16.6. The van der Waals surface area contributed by atoms with Crippen molar-refractivity contribution >= 4 is 11.9 Å². The lowest BCUT2D eigenvalue weighted by atomic mass is 10.0. The Morgan fingerprint density at radius 1 is 1.47 bits per heavy atom. The van der Waals surface area contributed by atoms with Gasteiger partial charge in [0, 0.05) is 5.56 Å². The maximum absolute atomic E-state index is 11.9. The number of methoxy groups -OCH3 is 1. The number of epoxide rings is 1. The Bertz CT molecular complexity index is 464. The lowest BCUT2D eigenvalue weighted by Gasteiger charge is -2.03. The summed E-state index contributed by atoms with van der Waals surface area (Å²) in [6.45, 7) is 3.71. The summed E-state index contributed by atoms with van der Waals surface area (Å²) in [5.41, 5.74) is 0.263. The van der Waals surface area contributed by atoms with Gasteiger partial charge in [-0.05, 0) is 32.1 Å². The number of benzene rings is 1. The molecule has 0 radical (unpaired) electrons. The standard InChI is InChI=1S/C14H16O3/c1-10-14(2,17-10)13(15)9-8-11-6-4-5-7-12(11)16-3/h4-10H,1-3H3/t10-,14+/m0/s1. The van der Waals surface area contributed by atoms with Crippen molar-refractivity contribution in [1.29, 1.82) is 0 Å². The van der Waals surface area contributed by atoms with Gasteiger partial charge in [0.2, 0.25) is 0 Å². The summed E-state index contributed by atoms with van der Waals surface area (Å²) in [5, 5.41) is 0. The third-order valence-electron chi connectivity index (χ3n) is 3.18. The van der Waals surface area contributed by atoms with Crippen molar-refractivity contribution in [3.05, 3.63) is 35.9 Å². The summed E-state index contributed by atoms with van der Waals surface area (Å²) in [4.78, 5) is 11.9. The average molecular weight is 232 g/mol. The van der Waals surface area contributed by atoms with E-state index in [1.165, 1.54) is 0 Å². The van der Waals surface area contributed by atoms with E-state index in [2.05, 4.69) is 0 Å². The molecule has 0 bridgehead atoms. The van der Waals surface area contributed by atoms with Gasteiger partial charge in [-0.3, -0.25) is 4.79 Å². The molecule has 1 aliphatic rings. The number of hydrogen-bond donors (Lipinski definition) is 0. The molecule has 0 amide bonds. The van der Waals surface area contributed by atoms with Gasteiger partial charge in [-0.25, -0.2) is 0 Å². The first-order valence-corrected chi connectivity index (χ1v) is 5.61. The summed E-state index contributed by atoms with van der Waals surface area (Å²) in [5.74, 6) is 0.752. The maximum Gasteiger partial charge on any atom is 0.189 e. The predicted octanol–water partition coefficient (Wildman–Crippen LogP) is 2.45. The van der Waals surface area contributed by atoms with Crippen LogP contribution in [0.4, 0.5) is 0 Å². The monoisotopic (exact) mass is 232 g/mol. The van der Waals surface area contributed by atoms with Crippen molar-refractivity contribution in [2.45, 2.75) is 25.6 Å². The Hall–Kier alpha value is -1.61. The van der Waals surface area contributed by atoms with Crippen molar-refractivity contribution in [3.8, 4) is 5.75 Å². The van der Waals surface area contributed by atoms with Crippen LogP contribution >= 0.6 is 0 Å². The Labute approximate surface area is 101 Å². The third kappa shape index (κ3) is 2.24. The Balaban J connectivity index is 2.13. The molecule has 90 valence electrons. The molecule has 2 rings (SSSR count). The predicted molar refractivity (Wildman–Crippen MR) is 66.0 cm³/mol. The lowest BCUT2D eigenvalue weighted by Crippen LogP contribution is -2.20. The fourth-order valence-electron chi connectivity index (χ4n) is 1.73. The minimum Gasteiger partial charge on any atom is -0.496 e. The topological polar surface area (TPSA) is 38.8 Å². The first-order chi connectivity index (χ1) is 8.08. The number of carbonyl (C=O) groups is 1. The van der Waals surface area contributed by atoms with Gasteiger partial charge in [-0.15, -0.1) is 0 Å². The van der Waals surface area contributed by atoms with Crippen LogP contribution in [0.15, 0.2) is 30.3 Å². The van der Waals surface area contributed by atoms with E-state index in [4.69, 9.17) is 9.47 Å². The van der Waals surface area contributed by atoms with Gasteiger partial charge in [0.25, 0.3) is 0 Å². The molecule has 1 aliphatic heterocycles. The van der Waals surface area contributed by atoms with Crippen molar-refractivity contribution in [3.63, 3.8) is 0 Å². The summed E-state index contributed by atoms with van der Waals surface area (Å²) < 4.78 is 10.5. The minimum absolute atomic E-state index is 0.00379. The zero-order valence-electron chi connectivity index (χ0n) is 10.3. The van der Waals surface area contributed by atoms with Gasteiger partial charge >= 0.3 is 0 Å². The molecule has 0 aromatic heterocycles. The van der Waals surface area contributed by atoms with E-state index in [1.54, 1.807) is 19.3 Å². The van der Waals surface area contributed by atoms with E-state index >= 15 is 0 Å². The molecule has 2 atom stereocenters. The van der Waals surface area contributed by atoms with Crippen LogP contribution in [0.1, 0.15) is 19.4 Å². The van der Waals surface area contributed by atoms with Gasteiger partial charge in [0.1, 0.15) is 5.75 Å². The van der Waals surface area contributed by atoms with Crippen LogP contribution in [0, 0.1) is 0 Å². The summed E-state index contributed by atoms with van der Waals surface area (Å²) >= 11 is 0. The highest BCUT2D eigenvalue weighted by Gasteiger charge is 2.54. The molecule has 17 heavy (non-hydrogen) atoms. The molecule has 1 fully saturated rings. The molecule has 0 N–H and O–H groups in total. The SMILES string of the molecule is COc1ccccc1C=CC(=O)[C@]1(C)O[C@H]1C. The second kappa shape index (κ2) is 4.34. The normalized spacial score (nSPS) is 27.1. The number of rotatable bonds is 4. The number of carbonyl (C=O) groups excluding carboxylic acids is 1. The van der Waals surface area contributed by atoms with E-state index in [-0.39, 0.29) is 11.9 Å². The Morgan fingerprint density at radius 3 is 2.71 bits per heavy atom. The van der Waals surface area contributed by atoms with Crippen molar-refractivity contribution in [2.24, 2.45) is 0 Å². The quantitative estimate of drug-likeness (QED) is 0.591. The van der Waals surface area contributed by atoms with Gasteiger partial charge in [0.15, 0.2) is 11.4 Å². The molecule has 0 unspecified atom stereocenters. The third-order valence-corrected chi connectivity index (χ3v) is 3.18. The van der Waals surface area contributed by atoms with Gasteiger partial charge in [-0.1, -0.05) is 18.2 Å². The van der Waals surface area contributed by atoms with Crippen molar-refractivity contribution < 1.29 is 14.3 Å². The summed E-state index contributed by atoms with van der Waals surface area (Å²) in [7, 11) is 1.61. The van der Waals surface area contributed by atoms with E-state index in [0.717, 1.165) is 11.3 Å². The van der Waals surface area contributed by atoms with Gasteiger partial charge < -0.3 is 9.47 Å². The smallest absolute Gasteiger partial charge is 0.189 e. The molecule has 1 heterocycles. The molecular formula is C14H16O3. The minimum atomic E-state index is -0.626. The number of ether oxygens (including phenoxy) is 2. The molecule has 0 spiro atoms. The highest BCUT2D eigenvalue weighted by Crippen LogP contribution is 2.36. The number of hydrogen-bond acceptors (Lipinski definition) is 3. The summed E-state index contributed by atoms with van der Waals surface area (Å²) in [6, 6.07) is 7.57. The zero-order valence-corrected chi connectivity index (χ0v) is 10.3. The van der Waals surface area contributed by atoms with Crippen molar-refractivity contribution in [1.82, 2.24) is 0 Å². The van der Waals surface area contributed by atoms with Crippen LogP contribution in [-0.2, 0) is 9.53 Å². The van der Waals surface area contributed by atoms with Gasteiger partial charge in [0.05, 0.1) is 13.2 Å². The Kier molecular flexibility index (Phi) is 3.03. The van der Waals surface area contributed by atoms with E-state index in [9.17, 15) is 4.79 Å². The average Bonchev–Trinajstić information content (AvgIpc) is 2.96. The first-order valence-electron chi connectivity index (χ1n) is 5.61. The first kappa shape index (κ1) is 11.9. The zero-order chi connectivity index (χ0) is 12.5. The molecule has 1 aromatic rings. The molecule has 3 nitrogen and oxygen atoms in total. The van der Waals surface area contributed by atoms with Crippen LogP contribution in [0.2, 0.25) is 0 Å². The van der Waals surface area contributed by atoms with Gasteiger partial charge in [-0.2, -0.15) is 0 Å².